The SMILES string of the molecule is CC1CN=CC=C1c1cc(-c2ccc(C3=CCN(C)C=C3)cc2)nc(C2C=CC(n3c4ccccc4c4c5c(ccc43)NC(c3ccccc3)O5)=CC2C)n1. The van der Waals surface area contributed by atoms with E-state index < -0.39 is 0 Å². The van der Waals surface area contributed by atoms with Crippen LogP contribution in [0.2, 0.25) is 0 Å². The van der Waals surface area contributed by atoms with E-state index in [-0.39, 0.29) is 24.0 Å². The third kappa shape index (κ3) is 5.87. The molecule has 4 aromatic carbocycles. The van der Waals surface area contributed by atoms with Crippen molar-refractivity contribution in [3.63, 3.8) is 0 Å². The van der Waals surface area contributed by atoms with Crippen molar-refractivity contribution in [3.05, 3.63) is 162 Å². The number of aromatic nitrogens is 3. The van der Waals surface area contributed by atoms with Crippen LogP contribution in [0.15, 0.2) is 145 Å². The fourth-order valence-electron chi connectivity index (χ4n) is 8.38. The van der Waals surface area contributed by atoms with Crippen LogP contribution in [0, 0.1) is 11.8 Å². The molecule has 0 fully saturated rings. The predicted octanol–water partition coefficient (Wildman–Crippen LogP) is 10.5. The molecule has 0 amide bonds. The second-order valence-corrected chi connectivity index (χ2v) is 15.1. The molecule has 0 saturated heterocycles. The maximum atomic E-state index is 6.67. The van der Waals surface area contributed by atoms with Crippen LogP contribution < -0.4 is 10.1 Å². The Morgan fingerprint density at radius 2 is 1.62 bits per heavy atom. The standard InChI is InChI=1S/C48H42N6O/c1-30-27-36(54-43-12-8-7-11-39(43)45-44(54)20-19-40-46(45)55-48(52-40)35-9-5-4-6-10-35)17-18-38(30)47-50-41(28-42(51-47)37-21-24-49-29-31(37)2)34-15-13-32(14-16-34)33-22-25-53(3)26-23-33/h4-25,27-28,30-31,38,48,52H,26,29H2,1-3H3. The van der Waals surface area contributed by atoms with Crippen LogP contribution in [0.1, 0.15) is 48.6 Å². The highest BCUT2D eigenvalue weighted by Gasteiger charge is 2.30. The Hall–Kier alpha value is -6.47. The highest BCUT2D eigenvalue weighted by atomic mass is 16.5. The molecule has 7 heteroatoms. The second kappa shape index (κ2) is 13.4. The number of aliphatic imine (C=N–C) groups is 1. The van der Waals surface area contributed by atoms with Gasteiger partial charge in [0.15, 0.2) is 12.0 Å². The van der Waals surface area contributed by atoms with Gasteiger partial charge in [-0.3, -0.25) is 4.99 Å². The Kier molecular flexibility index (Phi) is 8.09. The molecule has 0 spiro atoms. The zero-order valence-corrected chi connectivity index (χ0v) is 31.2. The lowest BCUT2D eigenvalue weighted by atomic mass is 9.87. The molecule has 0 saturated carbocycles. The third-order valence-corrected chi connectivity index (χ3v) is 11.4. The van der Waals surface area contributed by atoms with Crippen molar-refractivity contribution >= 4 is 50.6 Å². The molecule has 3 aliphatic heterocycles. The average molecular weight is 719 g/mol. The first-order valence-corrected chi connectivity index (χ1v) is 19.2. The zero-order valence-electron chi connectivity index (χ0n) is 31.2. The number of hydrogen-bond donors (Lipinski definition) is 1. The number of hydrogen-bond acceptors (Lipinski definition) is 6. The van der Waals surface area contributed by atoms with Gasteiger partial charge in [-0.25, -0.2) is 9.97 Å². The van der Waals surface area contributed by atoms with Crippen LogP contribution in [0.4, 0.5) is 5.69 Å². The monoisotopic (exact) mass is 718 g/mol. The minimum Gasteiger partial charge on any atom is -0.464 e. The van der Waals surface area contributed by atoms with Gasteiger partial charge in [0.2, 0.25) is 0 Å². The first-order valence-electron chi connectivity index (χ1n) is 19.2. The van der Waals surface area contributed by atoms with Crippen molar-refractivity contribution in [1.82, 2.24) is 19.4 Å². The number of para-hydroxylation sites is 1. The van der Waals surface area contributed by atoms with Crippen molar-refractivity contribution in [1.29, 1.82) is 0 Å². The first kappa shape index (κ1) is 33.1. The van der Waals surface area contributed by atoms with E-state index in [9.17, 15) is 0 Å². The summed E-state index contributed by atoms with van der Waals surface area (Å²) in [6.07, 6.45) is 17.3. The molecule has 4 unspecified atom stereocenters. The number of likely N-dealkylation sites (N-methyl/N-ethyl adjacent to an activating group) is 1. The second-order valence-electron chi connectivity index (χ2n) is 15.1. The molecule has 4 aliphatic rings. The van der Waals surface area contributed by atoms with E-state index in [1.54, 1.807) is 0 Å². The summed E-state index contributed by atoms with van der Waals surface area (Å²) in [4.78, 5) is 17.3. The van der Waals surface area contributed by atoms with Gasteiger partial charge in [0, 0.05) is 60.4 Å². The fraction of sp³-hybridized carbons (Fsp3) is 0.188. The molecular formula is C48H42N6O. The quantitative estimate of drug-likeness (QED) is 0.186. The van der Waals surface area contributed by atoms with E-state index in [0.717, 1.165) is 75.0 Å². The van der Waals surface area contributed by atoms with E-state index in [1.165, 1.54) is 22.1 Å². The van der Waals surface area contributed by atoms with Crippen LogP contribution in [0.25, 0.3) is 49.9 Å². The number of ether oxygens (including phenoxy) is 1. The average Bonchev–Trinajstić information content (AvgIpc) is 3.81. The molecule has 10 rings (SSSR count). The highest BCUT2D eigenvalue weighted by Crippen LogP contribution is 2.48. The molecule has 7 nitrogen and oxygen atoms in total. The molecule has 55 heavy (non-hydrogen) atoms. The largest absolute Gasteiger partial charge is 0.464 e. The Bertz CT molecular complexity index is 2660. The highest BCUT2D eigenvalue weighted by molar-refractivity contribution is 6.15. The van der Waals surface area contributed by atoms with Crippen molar-refractivity contribution < 1.29 is 4.74 Å². The van der Waals surface area contributed by atoms with Crippen molar-refractivity contribution in [2.24, 2.45) is 16.8 Å². The number of nitrogens with zero attached hydrogens (tertiary/aromatic N) is 5. The summed E-state index contributed by atoms with van der Waals surface area (Å²) in [7, 11) is 2.09. The van der Waals surface area contributed by atoms with Gasteiger partial charge < -0.3 is 19.5 Å². The van der Waals surface area contributed by atoms with Gasteiger partial charge in [-0.1, -0.05) is 105 Å². The van der Waals surface area contributed by atoms with Gasteiger partial charge in [-0.2, -0.15) is 0 Å². The number of rotatable bonds is 6. The topological polar surface area (TPSA) is 67.6 Å². The van der Waals surface area contributed by atoms with Gasteiger partial charge in [0.1, 0.15) is 5.82 Å². The van der Waals surface area contributed by atoms with E-state index in [0.29, 0.717) is 0 Å². The molecular weight excluding hydrogens is 677 g/mol. The van der Waals surface area contributed by atoms with Gasteiger partial charge >= 0.3 is 0 Å². The Balaban J connectivity index is 1.02. The van der Waals surface area contributed by atoms with E-state index in [1.807, 2.05) is 12.3 Å². The van der Waals surface area contributed by atoms with Gasteiger partial charge in [0.05, 0.1) is 33.5 Å². The molecule has 0 radical (unpaired) electrons. The van der Waals surface area contributed by atoms with Crippen molar-refractivity contribution in [3.8, 4) is 17.0 Å². The Morgan fingerprint density at radius 1 is 0.818 bits per heavy atom. The van der Waals surface area contributed by atoms with E-state index >= 15 is 0 Å². The van der Waals surface area contributed by atoms with Crippen molar-refractivity contribution in [2.45, 2.75) is 26.0 Å². The molecule has 1 aliphatic carbocycles. The lowest BCUT2D eigenvalue weighted by Crippen LogP contribution is -2.16. The summed E-state index contributed by atoms with van der Waals surface area (Å²) in [5.41, 5.74) is 12.1. The van der Waals surface area contributed by atoms with Crippen LogP contribution in [-0.4, -0.2) is 45.8 Å². The smallest absolute Gasteiger partial charge is 0.196 e. The minimum absolute atomic E-state index is 0.000843. The maximum Gasteiger partial charge on any atom is 0.196 e. The van der Waals surface area contributed by atoms with Gasteiger partial charge in [0.25, 0.3) is 0 Å². The molecule has 6 aromatic rings. The Labute approximate surface area is 321 Å². The normalized spacial score (nSPS) is 21.6. The molecule has 5 heterocycles. The molecule has 270 valence electrons. The number of dihydropyridines is 1. The summed E-state index contributed by atoms with van der Waals surface area (Å²) >= 11 is 0. The summed E-state index contributed by atoms with van der Waals surface area (Å²) in [5, 5.41) is 5.89. The van der Waals surface area contributed by atoms with Crippen LogP contribution in [0.3, 0.4) is 0 Å². The molecule has 1 N–H and O–H groups in total. The minimum atomic E-state index is -0.231. The van der Waals surface area contributed by atoms with Crippen LogP contribution in [-0.2, 0) is 0 Å². The predicted molar refractivity (Wildman–Crippen MR) is 226 cm³/mol. The fourth-order valence-corrected chi connectivity index (χ4v) is 8.38. The third-order valence-electron chi connectivity index (χ3n) is 11.4. The number of nitrogens with one attached hydrogen (secondary N) is 1. The maximum absolute atomic E-state index is 6.67. The summed E-state index contributed by atoms with van der Waals surface area (Å²) < 4.78 is 9.05. The molecule has 2 aromatic heterocycles. The van der Waals surface area contributed by atoms with Crippen molar-refractivity contribution in [2.75, 3.05) is 25.5 Å². The number of benzene rings is 4. The first-order chi connectivity index (χ1) is 27.0. The van der Waals surface area contributed by atoms with Gasteiger partial charge in [-0.05, 0) is 71.3 Å². The van der Waals surface area contributed by atoms with Crippen LogP contribution in [0.5, 0.6) is 5.75 Å². The number of anilines is 1. The summed E-state index contributed by atoms with van der Waals surface area (Å²) in [6.45, 7) is 6.17. The lowest BCUT2D eigenvalue weighted by molar-refractivity contribution is 0.263. The van der Waals surface area contributed by atoms with E-state index in [4.69, 9.17) is 14.7 Å². The zero-order chi connectivity index (χ0) is 37.0. The molecule has 4 atom stereocenters. The van der Waals surface area contributed by atoms with E-state index in [2.05, 4.69) is 174 Å². The lowest BCUT2D eigenvalue weighted by Gasteiger charge is -2.25. The Morgan fingerprint density at radius 3 is 2.42 bits per heavy atom. The number of allylic oxidation sites excluding steroid dienone is 7. The molecule has 0 bridgehead atoms. The summed E-state index contributed by atoms with van der Waals surface area (Å²) in [5.74, 6) is 2.14. The van der Waals surface area contributed by atoms with Crippen LogP contribution >= 0.6 is 0 Å². The summed E-state index contributed by atoms with van der Waals surface area (Å²) in [6, 6.07) is 34.3. The van der Waals surface area contributed by atoms with Gasteiger partial charge in [-0.15, -0.1) is 0 Å². The number of fused-ring (bicyclic) bond motifs is 5.